The van der Waals surface area contributed by atoms with Crippen LogP contribution in [0.2, 0.25) is 0 Å². The van der Waals surface area contributed by atoms with Gasteiger partial charge in [-0.15, -0.1) is 11.3 Å². The standard InChI is InChI=1S/C29H32FN3O2S/c30-24-9-7-22(8-10-24)21-28(35)32-15-4-14-31(18-19-32)27(34)12-17-33-16-11-26-25(13-20-36-26)29(33)23-5-2-1-3-6-23/h1-3,5-10,13,20,29H,4,11-12,14-19,21H2/t29-/m1/s1. The Morgan fingerprint density at radius 1 is 0.861 bits per heavy atom. The third-order valence-corrected chi connectivity index (χ3v) is 8.26. The molecule has 2 aromatic carbocycles. The highest BCUT2D eigenvalue weighted by atomic mass is 32.1. The molecule has 2 aliphatic rings. The summed E-state index contributed by atoms with van der Waals surface area (Å²) in [5.41, 5.74) is 3.45. The van der Waals surface area contributed by atoms with Crippen molar-refractivity contribution in [3.05, 3.63) is 93.4 Å². The van der Waals surface area contributed by atoms with E-state index in [1.165, 1.54) is 28.1 Å². The summed E-state index contributed by atoms with van der Waals surface area (Å²) in [7, 11) is 0. The fourth-order valence-corrected chi connectivity index (χ4v) is 6.24. The Kier molecular flexibility index (Phi) is 7.78. The van der Waals surface area contributed by atoms with E-state index in [4.69, 9.17) is 0 Å². The molecule has 1 aromatic heterocycles. The third-order valence-electron chi connectivity index (χ3n) is 7.26. The molecular weight excluding hydrogens is 473 g/mol. The molecular formula is C29H32FN3O2S. The molecule has 0 radical (unpaired) electrons. The Labute approximate surface area is 216 Å². The lowest BCUT2D eigenvalue weighted by atomic mass is 9.93. The van der Waals surface area contributed by atoms with Crippen LogP contribution >= 0.6 is 11.3 Å². The van der Waals surface area contributed by atoms with Crippen molar-refractivity contribution in [1.82, 2.24) is 14.7 Å². The zero-order valence-electron chi connectivity index (χ0n) is 20.4. The van der Waals surface area contributed by atoms with E-state index in [-0.39, 0.29) is 30.1 Å². The van der Waals surface area contributed by atoms with Crippen molar-refractivity contribution in [3.63, 3.8) is 0 Å². The predicted octanol–water partition coefficient (Wildman–Crippen LogP) is 4.53. The molecule has 3 heterocycles. The molecule has 0 aliphatic carbocycles. The normalized spacial score (nSPS) is 18.5. The molecule has 0 unspecified atom stereocenters. The first-order valence-corrected chi connectivity index (χ1v) is 13.6. The van der Waals surface area contributed by atoms with Crippen LogP contribution in [0, 0.1) is 5.82 Å². The van der Waals surface area contributed by atoms with Crippen molar-refractivity contribution in [2.45, 2.75) is 31.7 Å². The average Bonchev–Trinajstić information content (AvgIpc) is 3.24. The summed E-state index contributed by atoms with van der Waals surface area (Å²) in [6, 6.07) is 19.1. The van der Waals surface area contributed by atoms with Crippen molar-refractivity contribution >= 4 is 23.2 Å². The minimum Gasteiger partial charge on any atom is -0.341 e. The maximum absolute atomic E-state index is 13.2. The number of fused-ring (bicyclic) bond motifs is 1. The van der Waals surface area contributed by atoms with Crippen LogP contribution in [0.5, 0.6) is 0 Å². The largest absolute Gasteiger partial charge is 0.341 e. The van der Waals surface area contributed by atoms with Gasteiger partial charge in [-0.1, -0.05) is 42.5 Å². The monoisotopic (exact) mass is 505 g/mol. The Morgan fingerprint density at radius 3 is 2.33 bits per heavy atom. The van der Waals surface area contributed by atoms with Crippen LogP contribution in [-0.4, -0.2) is 65.8 Å². The Bertz CT molecular complexity index is 1180. The quantitative estimate of drug-likeness (QED) is 0.495. The fraction of sp³-hybridized carbons (Fsp3) is 0.379. The maximum Gasteiger partial charge on any atom is 0.227 e. The highest BCUT2D eigenvalue weighted by Crippen LogP contribution is 2.37. The number of benzene rings is 2. The van der Waals surface area contributed by atoms with E-state index in [0.717, 1.165) is 31.5 Å². The van der Waals surface area contributed by atoms with E-state index in [9.17, 15) is 14.0 Å². The van der Waals surface area contributed by atoms with Gasteiger partial charge in [0.2, 0.25) is 11.8 Å². The number of rotatable bonds is 6. The van der Waals surface area contributed by atoms with E-state index < -0.39 is 0 Å². The molecule has 5 nitrogen and oxygen atoms in total. The zero-order chi connectivity index (χ0) is 24.9. The second-order valence-electron chi connectivity index (χ2n) is 9.57. The van der Waals surface area contributed by atoms with Gasteiger partial charge in [0, 0.05) is 50.6 Å². The van der Waals surface area contributed by atoms with Crippen LogP contribution in [-0.2, 0) is 22.4 Å². The number of halogens is 1. The summed E-state index contributed by atoms with van der Waals surface area (Å²) in [4.78, 5) is 33.6. The summed E-state index contributed by atoms with van der Waals surface area (Å²) in [6.07, 6.45) is 2.54. The molecule has 7 heteroatoms. The van der Waals surface area contributed by atoms with Gasteiger partial charge in [0.15, 0.2) is 0 Å². The van der Waals surface area contributed by atoms with Gasteiger partial charge in [-0.25, -0.2) is 4.39 Å². The van der Waals surface area contributed by atoms with Crippen molar-refractivity contribution in [1.29, 1.82) is 0 Å². The number of carbonyl (C=O) groups is 2. The lowest BCUT2D eigenvalue weighted by Gasteiger charge is -2.36. The number of carbonyl (C=O) groups excluding carboxylic acids is 2. The number of nitrogens with zero attached hydrogens (tertiary/aromatic N) is 3. The maximum atomic E-state index is 13.2. The van der Waals surface area contributed by atoms with Gasteiger partial charge in [-0.2, -0.15) is 0 Å². The molecule has 0 N–H and O–H groups in total. The summed E-state index contributed by atoms with van der Waals surface area (Å²) in [5.74, 6) is -0.113. The molecule has 0 saturated carbocycles. The number of hydrogen-bond donors (Lipinski definition) is 0. The Balaban J connectivity index is 1.17. The smallest absolute Gasteiger partial charge is 0.227 e. The van der Waals surface area contributed by atoms with Crippen molar-refractivity contribution < 1.29 is 14.0 Å². The van der Waals surface area contributed by atoms with Crippen molar-refractivity contribution in [3.8, 4) is 0 Å². The minimum absolute atomic E-state index is 0.0292. The average molecular weight is 506 g/mol. The Hall–Kier alpha value is -3.03. The van der Waals surface area contributed by atoms with Gasteiger partial charge in [0.1, 0.15) is 5.82 Å². The van der Waals surface area contributed by atoms with Crippen LogP contribution in [0.4, 0.5) is 4.39 Å². The van der Waals surface area contributed by atoms with Gasteiger partial charge >= 0.3 is 0 Å². The SMILES string of the molecule is O=C(CCN1CCc2sccc2[C@H]1c1ccccc1)N1CCCN(C(=O)Cc2ccc(F)cc2)CC1. The van der Waals surface area contributed by atoms with E-state index in [0.29, 0.717) is 32.6 Å². The lowest BCUT2D eigenvalue weighted by Crippen LogP contribution is -2.41. The summed E-state index contributed by atoms with van der Waals surface area (Å²) >= 11 is 1.83. The first kappa shape index (κ1) is 24.7. The van der Waals surface area contributed by atoms with Crippen molar-refractivity contribution in [2.24, 2.45) is 0 Å². The molecule has 36 heavy (non-hydrogen) atoms. The highest BCUT2D eigenvalue weighted by molar-refractivity contribution is 7.10. The molecule has 3 aromatic rings. The topological polar surface area (TPSA) is 43.9 Å². The van der Waals surface area contributed by atoms with E-state index in [2.05, 4.69) is 40.6 Å². The van der Waals surface area contributed by atoms with Gasteiger partial charge in [-0.3, -0.25) is 14.5 Å². The summed E-state index contributed by atoms with van der Waals surface area (Å²) in [6.45, 7) is 4.09. The van der Waals surface area contributed by atoms with Crippen LogP contribution in [0.3, 0.4) is 0 Å². The number of amides is 2. The molecule has 1 fully saturated rings. The summed E-state index contributed by atoms with van der Waals surface area (Å²) < 4.78 is 13.2. The molecule has 188 valence electrons. The lowest BCUT2D eigenvalue weighted by molar-refractivity contribution is -0.133. The van der Waals surface area contributed by atoms with Crippen LogP contribution < -0.4 is 0 Å². The van der Waals surface area contributed by atoms with Gasteiger partial charge in [-0.05, 0) is 53.1 Å². The molecule has 2 amide bonds. The van der Waals surface area contributed by atoms with Gasteiger partial charge in [0.05, 0.1) is 12.5 Å². The molecule has 1 atom stereocenters. The van der Waals surface area contributed by atoms with Crippen LogP contribution in [0.1, 0.15) is 40.5 Å². The second-order valence-corrected chi connectivity index (χ2v) is 10.6. The van der Waals surface area contributed by atoms with Gasteiger partial charge < -0.3 is 9.80 Å². The third kappa shape index (κ3) is 5.68. The fourth-order valence-electron chi connectivity index (χ4n) is 5.34. The van der Waals surface area contributed by atoms with Crippen LogP contribution in [0.15, 0.2) is 66.0 Å². The van der Waals surface area contributed by atoms with Crippen LogP contribution in [0.25, 0.3) is 0 Å². The number of hydrogen-bond acceptors (Lipinski definition) is 4. The first-order chi connectivity index (χ1) is 17.6. The minimum atomic E-state index is -0.300. The number of thiophene rings is 1. The molecule has 2 aliphatic heterocycles. The van der Waals surface area contributed by atoms with E-state index in [1.807, 2.05) is 27.2 Å². The highest BCUT2D eigenvalue weighted by Gasteiger charge is 2.30. The van der Waals surface area contributed by atoms with Gasteiger partial charge in [0.25, 0.3) is 0 Å². The Morgan fingerprint density at radius 2 is 1.58 bits per heavy atom. The molecule has 0 spiro atoms. The first-order valence-electron chi connectivity index (χ1n) is 12.7. The summed E-state index contributed by atoms with van der Waals surface area (Å²) in [5, 5.41) is 2.18. The molecule has 1 saturated heterocycles. The molecule has 0 bridgehead atoms. The van der Waals surface area contributed by atoms with E-state index >= 15 is 0 Å². The zero-order valence-corrected chi connectivity index (χ0v) is 21.3. The second kappa shape index (κ2) is 11.4. The van der Waals surface area contributed by atoms with Crippen molar-refractivity contribution in [2.75, 3.05) is 39.3 Å². The predicted molar refractivity (Wildman–Crippen MR) is 140 cm³/mol. The van der Waals surface area contributed by atoms with E-state index in [1.54, 1.807) is 12.1 Å². The molecule has 5 rings (SSSR count).